The Morgan fingerprint density at radius 1 is 1.04 bits per heavy atom. The Bertz CT molecular complexity index is 809. The van der Waals surface area contributed by atoms with E-state index in [4.69, 9.17) is 4.74 Å². The highest BCUT2D eigenvalue weighted by Gasteiger charge is 2.27. The van der Waals surface area contributed by atoms with Gasteiger partial charge in [0.15, 0.2) is 0 Å². The summed E-state index contributed by atoms with van der Waals surface area (Å²) in [6.45, 7) is 10.3. The van der Waals surface area contributed by atoms with Gasteiger partial charge in [0.1, 0.15) is 5.75 Å². The van der Waals surface area contributed by atoms with Gasteiger partial charge in [-0.25, -0.2) is 0 Å². The molecule has 24 heavy (non-hydrogen) atoms. The zero-order valence-corrected chi connectivity index (χ0v) is 14.0. The third-order valence-corrected chi connectivity index (χ3v) is 4.12. The van der Waals surface area contributed by atoms with Gasteiger partial charge in [0, 0.05) is 35.3 Å². The number of aromatic nitrogens is 1. The Balaban J connectivity index is 1.80. The van der Waals surface area contributed by atoms with Crippen LogP contribution in [0.3, 0.4) is 0 Å². The van der Waals surface area contributed by atoms with Crippen molar-refractivity contribution in [2.75, 3.05) is 12.4 Å². The molecule has 2 N–H and O–H groups in total. The van der Waals surface area contributed by atoms with Gasteiger partial charge in [-0.3, -0.25) is 4.98 Å². The first-order chi connectivity index (χ1) is 11.6. The third kappa shape index (κ3) is 3.04. The van der Waals surface area contributed by atoms with Crippen molar-refractivity contribution in [1.82, 2.24) is 10.3 Å². The fraction of sp³-hybridized carbons (Fsp3) is 0.150. The molecule has 0 fully saturated rings. The van der Waals surface area contributed by atoms with E-state index >= 15 is 0 Å². The van der Waals surface area contributed by atoms with E-state index in [1.807, 2.05) is 30.3 Å². The normalized spacial score (nSPS) is 14.9. The Morgan fingerprint density at radius 3 is 2.46 bits per heavy atom. The molecule has 0 spiro atoms. The lowest BCUT2D eigenvalue weighted by atomic mass is 9.88. The summed E-state index contributed by atoms with van der Waals surface area (Å²) in [5, 5.41) is 6.90. The number of ether oxygens (including phenoxy) is 1. The quantitative estimate of drug-likeness (QED) is 0.838. The first-order valence-electron chi connectivity index (χ1n) is 7.81. The molecule has 0 bridgehead atoms. The summed E-state index contributed by atoms with van der Waals surface area (Å²) in [7, 11) is 1.67. The van der Waals surface area contributed by atoms with E-state index in [9.17, 15) is 0 Å². The van der Waals surface area contributed by atoms with E-state index in [2.05, 4.69) is 41.8 Å². The molecule has 4 heteroatoms. The van der Waals surface area contributed by atoms with Crippen molar-refractivity contribution in [3.63, 3.8) is 0 Å². The Hall–Kier alpha value is -3.01. The van der Waals surface area contributed by atoms with Crippen molar-refractivity contribution in [2.45, 2.75) is 13.0 Å². The zero-order chi connectivity index (χ0) is 17.1. The molecule has 0 saturated carbocycles. The summed E-state index contributed by atoms with van der Waals surface area (Å²) >= 11 is 0. The predicted octanol–water partition coefficient (Wildman–Crippen LogP) is 4.19. The number of allylic oxidation sites excluding steroid dienone is 2. The molecule has 1 heterocycles. The van der Waals surface area contributed by atoms with Crippen LogP contribution in [0.4, 0.5) is 5.69 Å². The number of rotatable bonds is 6. The molecule has 0 aliphatic heterocycles. The molecule has 1 atom stereocenters. The molecule has 122 valence electrons. The zero-order valence-electron chi connectivity index (χ0n) is 14.0. The first kappa shape index (κ1) is 15.9. The SMILES string of the molecule is C=C1C(=C)C(NC(C)c2cccc(OC)c2)=C1Nc1ccncc1. The molecule has 4 nitrogen and oxygen atoms in total. The molecule has 1 aromatic heterocycles. The lowest BCUT2D eigenvalue weighted by molar-refractivity contribution is 0.413. The van der Waals surface area contributed by atoms with E-state index in [1.54, 1.807) is 19.5 Å². The highest BCUT2D eigenvalue weighted by atomic mass is 16.5. The van der Waals surface area contributed by atoms with Crippen LogP contribution in [0.2, 0.25) is 0 Å². The molecule has 0 amide bonds. The number of pyridine rings is 1. The Kier molecular flexibility index (Phi) is 4.38. The van der Waals surface area contributed by atoms with Gasteiger partial charge in [0.05, 0.1) is 18.5 Å². The molecular formula is C20H21N3O. The highest BCUT2D eigenvalue weighted by molar-refractivity contribution is 5.72. The average Bonchev–Trinajstić information content (AvgIpc) is 2.64. The van der Waals surface area contributed by atoms with Gasteiger partial charge in [0.2, 0.25) is 0 Å². The standard InChI is InChI=1S/C20H21N3O/c1-13-14(2)20(23-17-8-10-21-11-9-17)19(13)22-15(3)16-6-5-7-18(12-16)24-4/h5-12,15,22H,1-2H2,3-4H3,(H,21,23). The summed E-state index contributed by atoms with van der Waals surface area (Å²) in [5.74, 6) is 0.849. The van der Waals surface area contributed by atoms with Crippen LogP contribution in [0.15, 0.2) is 84.5 Å². The second-order valence-corrected chi connectivity index (χ2v) is 5.71. The van der Waals surface area contributed by atoms with Crippen LogP contribution in [0.5, 0.6) is 5.75 Å². The number of hydrogen-bond acceptors (Lipinski definition) is 4. The largest absolute Gasteiger partial charge is 0.497 e. The van der Waals surface area contributed by atoms with Gasteiger partial charge < -0.3 is 15.4 Å². The molecule has 1 unspecified atom stereocenters. The highest BCUT2D eigenvalue weighted by Crippen LogP contribution is 2.37. The third-order valence-electron chi connectivity index (χ3n) is 4.12. The van der Waals surface area contributed by atoms with Gasteiger partial charge in [-0.1, -0.05) is 25.3 Å². The van der Waals surface area contributed by atoms with Gasteiger partial charge >= 0.3 is 0 Å². The number of benzene rings is 1. The maximum atomic E-state index is 5.30. The Labute approximate surface area is 142 Å². The van der Waals surface area contributed by atoms with Gasteiger partial charge in [-0.05, 0) is 36.8 Å². The van der Waals surface area contributed by atoms with Crippen molar-refractivity contribution < 1.29 is 4.74 Å². The lowest BCUT2D eigenvalue weighted by Gasteiger charge is -2.33. The maximum Gasteiger partial charge on any atom is 0.119 e. The molecule has 3 rings (SSSR count). The minimum Gasteiger partial charge on any atom is -0.497 e. The fourth-order valence-corrected chi connectivity index (χ4v) is 2.63. The van der Waals surface area contributed by atoms with Crippen LogP contribution in [0.1, 0.15) is 18.5 Å². The number of nitrogens with zero attached hydrogens (tertiary/aromatic N) is 1. The summed E-state index contributed by atoms with van der Waals surface area (Å²) in [5.41, 5.74) is 5.94. The smallest absolute Gasteiger partial charge is 0.119 e. The van der Waals surface area contributed by atoms with Crippen molar-refractivity contribution in [2.24, 2.45) is 0 Å². The van der Waals surface area contributed by atoms with E-state index < -0.39 is 0 Å². The Morgan fingerprint density at radius 2 is 1.75 bits per heavy atom. The van der Waals surface area contributed by atoms with Crippen LogP contribution >= 0.6 is 0 Å². The number of methoxy groups -OCH3 is 1. The van der Waals surface area contributed by atoms with Gasteiger partial charge in [-0.2, -0.15) is 0 Å². The van der Waals surface area contributed by atoms with Crippen molar-refractivity contribution in [1.29, 1.82) is 0 Å². The second-order valence-electron chi connectivity index (χ2n) is 5.71. The number of nitrogens with one attached hydrogen (secondary N) is 2. The summed E-state index contributed by atoms with van der Waals surface area (Å²) in [6.07, 6.45) is 3.51. The first-order valence-corrected chi connectivity index (χ1v) is 7.81. The van der Waals surface area contributed by atoms with Crippen LogP contribution < -0.4 is 15.4 Å². The average molecular weight is 319 g/mol. The second kappa shape index (κ2) is 6.62. The molecule has 1 aliphatic carbocycles. The van der Waals surface area contributed by atoms with Crippen molar-refractivity contribution >= 4 is 5.69 Å². The molecule has 0 saturated heterocycles. The minimum atomic E-state index is 0.120. The van der Waals surface area contributed by atoms with Crippen molar-refractivity contribution in [3.05, 3.63) is 90.1 Å². The maximum absolute atomic E-state index is 5.30. The fourth-order valence-electron chi connectivity index (χ4n) is 2.63. The summed E-state index contributed by atoms with van der Waals surface area (Å²) in [4.78, 5) is 4.03. The number of anilines is 1. The van der Waals surface area contributed by atoms with E-state index in [0.717, 1.165) is 39.5 Å². The van der Waals surface area contributed by atoms with E-state index in [-0.39, 0.29) is 6.04 Å². The minimum absolute atomic E-state index is 0.120. The molecule has 0 radical (unpaired) electrons. The van der Waals surface area contributed by atoms with E-state index in [1.165, 1.54) is 0 Å². The molecule has 1 aromatic carbocycles. The van der Waals surface area contributed by atoms with Gasteiger partial charge in [-0.15, -0.1) is 0 Å². The van der Waals surface area contributed by atoms with E-state index in [0.29, 0.717) is 0 Å². The monoisotopic (exact) mass is 319 g/mol. The van der Waals surface area contributed by atoms with Crippen LogP contribution in [-0.2, 0) is 0 Å². The van der Waals surface area contributed by atoms with Crippen molar-refractivity contribution in [3.8, 4) is 5.75 Å². The molecular weight excluding hydrogens is 298 g/mol. The topological polar surface area (TPSA) is 46.2 Å². The van der Waals surface area contributed by atoms with Gasteiger partial charge in [0.25, 0.3) is 0 Å². The van der Waals surface area contributed by atoms with Crippen LogP contribution in [0, 0.1) is 0 Å². The summed E-state index contributed by atoms with van der Waals surface area (Å²) in [6, 6.07) is 12.0. The van der Waals surface area contributed by atoms with Crippen LogP contribution in [0.25, 0.3) is 0 Å². The lowest BCUT2D eigenvalue weighted by Crippen LogP contribution is -2.30. The van der Waals surface area contributed by atoms with Crippen LogP contribution in [-0.4, -0.2) is 12.1 Å². The molecule has 1 aliphatic rings. The molecule has 2 aromatic rings. The summed E-state index contributed by atoms with van der Waals surface area (Å²) < 4.78 is 5.30. The number of hydrogen-bond donors (Lipinski definition) is 2. The predicted molar refractivity (Wildman–Crippen MR) is 97.7 cm³/mol.